The Morgan fingerprint density at radius 2 is 2.12 bits per heavy atom. The first kappa shape index (κ1) is 10.5. The van der Waals surface area contributed by atoms with Crippen LogP contribution in [0.25, 0.3) is 5.82 Å². The van der Waals surface area contributed by atoms with E-state index in [-0.39, 0.29) is 0 Å². The van der Waals surface area contributed by atoms with Crippen molar-refractivity contribution in [2.45, 2.75) is 18.8 Å². The van der Waals surface area contributed by atoms with E-state index in [0.29, 0.717) is 5.92 Å². The van der Waals surface area contributed by atoms with Crippen LogP contribution in [0.5, 0.6) is 0 Å². The molecule has 0 saturated heterocycles. The summed E-state index contributed by atoms with van der Waals surface area (Å²) in [6.07, 6.45) is 6.28. The van der Waals surface area contributed by atoms with Gasteiger partial charge in [0.2, 0.25) is 0 Å². The fraction of sp³-hybridized carbons (Fsp3) is 0.273. The zero-order valence-corrected chi connectivity index (χ0v) is 11.6. The molecule has 0 N–H and O–H groups in total. The first-order valence-electron chi connectivity index (χ1n) is 5.11. The Bertz CT molecular complexity index is 532. The lowest BCUT2D eigenvalue weighted by Crippen LogP contribution is -1.99. The van der Waals surface area contributed by atoms with Crippen molar-refractivity contribution in [1.29, 1.82) is 0 Å². The minimum absolute atomic E-state index is 0.676. The van der Waals surface area contributed by atoms with E-state index in [9.17, 15) is 0 Å². The quantitative estimate of drug-likeness (QED) is 0.833. The summed E-state index contributed by atoms with van der Waals surface area (Å²) in [6, 6.07) is 4.05. The number of pyridine rings is 1. The van der Waals surface area contributed by atoms with Crippen molar-refractivity contribution in [2.24, 2.45) is 0 Å². The van der Waals surface area contributed by atoms with Gasteiger partial charge < -0.3 is 0 Å². The van der Waals surface area contributed by atoms with Gasteiger partial charge in [-0.3, -0.25) is 0 Å². The monoisotopic (exact) mass is 341 g/mol. The molecule has 0 radical (unpaired) electrons. The summed E-state index contributed by atoms with van der Waals surface area (Å²) in [5, 5.41) is 4.54. The molecule has 82 valence electrons. The highest BCUT2D eigenvalue weighted by atomic mass is 79.9. The van der Waals surface area contributed by atoms with Crippen LogP contribution in [-0.2, 0) is 0 Å². The third kappa shape index (κ3) is 1.94. The minimum Gasteiger partial charge on any atom is -0.235 e. The molecule has 0 aliphatic heterocycles. The van der Waals surface area contributed by atoms with Gasteiger partial charge >= 0.3 is 0 Å². The number of aromatic nitrogens is 3. The third-order valence-electron chi connectivity index (χ3n) is 2.61. The molecule has 0 spiro atoms. The number of nitrogens with zero attached hydrogens (tertiary/aromatic N) is 3. The second kappa shape index (κ2) is 3.96. The van der Waals surface area contributed by atoms with Gasteiger partial charge in [-0.1, -0.05) is 0 Å². The summed E-state index contributed by atoms with van der Waals surface area (Å²) < 4.78 is 3.72. The van der Waals surface area contributed by atoms with E-state index in [1.54, 1.807) is 6.20 Å². The maximum Gasteiger partial charge on any atom is 0.167 e. The van der Waals surface area contributed by atoms with Crippen LogP contribution in [0.3, 0.4) is 0 Å². The summed E-state index contributed by atoms with van der Waals surface area (Å²) in [6.45, 7) is 0. The van der Waals surface area contributed by atoms with Crippen molar-refractivity contribution in [2.75, 3.05) is 0 Å². The maximum atomic E-state index is 4.54. The van der Waals surface area contributed by atoms with Crippen molar-refractivity contribution < 1.29 is 0 Å². The van der Waals surface area contributed by atoms with Crippen LogP contribution in [0.2, 0.25) is 0 Å². The molecule has 3 rings (SSSR count). The molecular weight excluding hydrogens is 334 g/mol. The lowest BCUT2D eigenvalue weighted by molar-refractivity contribution is 0.808. The van der Waals surface area contributed by atoms with E-state index in [1.807, 2.05) is 16.9 Å². The summed E-state index contributed by atoms with van der Waals surface area (Å²) in [7, 11) is 0. The van der Waals surface area contributed by atoms with Gasteiger partial charge in [0.05, 0.1) is 10.2 Å². The van der Waals surface area contributed by atoms with Crippen molar-refractivity contribution in [3.63, 3.8) is 0 Å². The van der Waals surface area contributed by atoms with Crippen LogP contribution < -0.4 is 0 Å². The lowest BCUT2D eigenvalue weighted by Gasteiger charge is -2.03. The molecule has 1 aliphatic rings. The van der Waals surface area contributed by atoms with Crippen LogP contribution in [0.1, 0.15) is 24.5 Å². The number of hydrogen-bond donors (Lipinski definition) is 0. The second-order valence-electron chi connectivity index (χ2n) is 3.92. The van der Waals surface area contributed by atoms with Crippen LogP contribution in [0.15, 0.2) is 33.5 Å². The highest BCUT2D eigenvalue weighted by molar-refractivity contribution is 9.11. The van der Waals surface area contributed by atoms with Gasteiger partial charge in [-0.15, -0.1) is 0 Å². The van der Waals surface area contributed by atoms with Crippen LogP contribution in [0.4, 0.5) is 0 Å². The van der Waals surface area contributed by atoms with Gasteiger partial charge in [-0.05, 0) is 56.8 Å². The van der Waals surface area contributed by atoms with E-state index < -0.39 is 0 Å². The highest BCUT2D eigenvalue weighted by Crippen LogP contribution is 2.39. The largest absolute Gasteiger partial charge is 0.235 e. The standard InChI is InChI=1S/C11H9Br2N3/c12-8-5-9(13)11(14-6-8)16-4-3-10(15-16)7-1-2-7/h3-7H,1-2H2. The molecule has 0 unspecified atom stereocenters. The van der Waals surface area contributed by atoms with Crippen LogP contribution in [-0.4, -0.2) is 14.8 Å². The van der Waals surface area contributed by atoms with Crippen molar-refractivity contribution in [3.8, 4) is 5.82 Å². The predicted molar refractivity (Wildman–Crippen MR) is 68.7 cm³/mol. The molecule has 2 aromatic rings. The molecule has 0 bridgehead atoms. The molecular formula is C11H9Br2N3. The minimum atomic E-state index is 0.676. The van der Waals surface area contributed by atoms with Gasteiger partial charge in [-0.25, -0.2) is 9.67 Å². The number of hydrogen-bond acceptors (Lipinski definition) is 2. The molecule has 5 heteroatoms. The van der Waals surface area contributed by atoms with Gasteiger partial charge in [0.15, 0.2) is 5.82 Å². The van der Waals surface area contributed by atoms with Crippen LogP contribution in [0, 0.1) is 0 Å². The second-order valence-corrected chi connectivity index (χ2v) is 5.69. The van der Waals surface area contributed by atoms with E-state index in [0.717, 1.165) is 14.8 Å². The van der Waals surface area contributed by atoms with Crippen LogP contribution >= 0.6 is 31.9 Å². The SMILES string of the molecule is Brc1cnc(-n2ccc(C3CC3)n2)c(Br)c1. The molecule has 0 aromatic carbocycles. The summed E-state index contributed by atoms with van der Waals surface area (Å²) in [4.78, 5) is 4.35. The smallest absolute Gasteiger partial charge is 0.167 e. The highest BCUT2D eigenvalue weighted by Gasteiger charge is 2.26. The Hall–Kier alpha value is -0.680. The van der Waals surface area contributed by atoms with E-state index in [2.05, 4.69) is 48.0 Å². The first-order valence-corrected chi connectivity index (χ1v) is 6.69. The number of halogens is 2. The Morgan fingerprint density at radius 1 is 1.31 bits per heavy atom. The Morgan fingerprint density at radius 3 is 2.81 bits per heavy atom. The zero-order chi connectivity index (χ0) is 11.1. The molecule has 2 heterocycles. The van der Waals surface area contributed by atoms with Gasteiger partial charge in [0.25, 0.3) is 0 Å². The topological polar surface area (TPSA) is 30.7 Å². The number of rotatable bonds is 2. The average Bonchev–Trinajstić information content (AvgIpc) is 2.98. The summed E-state index contributed by atoms with van der Waals surface area (Å²) in [5.41, 5.74) is 1.18. The Balaban J connectivity index is 2.00. The van der Waals surface area contributed by atoms with E-state index >= 15 is 0 Å². The molecule has 0 amide bonds. The molecule has 2 aromatic heterocycles. The van der Waals surface area contributed by atoms with Gasteiger partial charge in [-0.2, -0.15) is 5.10 Å². The fourth-order valence-corrected chi connectivity index (χ4v) is 2.80. The molecule has 0 atom stereocenters. The normalized spacial score (nSPS) is 15.4. The zero-order valence-electron chi connectivity index (χ0n) is 8.40. The summed E-state index contributed by atoms with van der Waals surface area (Å²) >= 11 is 6.88. The fourth-order valence-electron chi connectivity index (χ4n) is 1.63. The Labute approximate surface area is 110 Å². The first-order chi connectivity index (χ1) is 7.74. The van der Waals surface area contributed by atoms with Gasteiger partial charge in [0.1, 0.15) is 0 Å². The molecule has 3 nitrogen and oxygen atoms in total. The molecule has 16 heavy (non-hydrogen) atoms. The third-order valence-corrected chi connectivity index (χ3v) is 3.63. The van der Waals surface area contributed by atoms with Crippen molar-refractivity contribution >= 4 is 31.9 Å². The van der Waals surface area contributed by atoms with Crippen molar-refractivity contribution in [1.82, 2.24) is 14.8 Å². The van der Waals surface area contributed by atoms with E-state index in [4.69, 9.17) is 0 Å². The summed E-state index contributed by atoms with van der Waals surface area (Å²) in [5.74, 6) is 1.51. The van der Waals surface area contributed by atoms with Gasteiger partial charge in [0, 0.05) is 22.8 Å². The van der Waals surface area contributed by atoms with E-state index in [1.165, 1.54) is 18.5 Å². The average molecular weight is 343 g/mol. The Kier molecular flexibility index (Phi) is 2.59. The maximum absolute atomic E-state index is 4.54. The molecule has 1 fully saturated rings. The molecule has 1 aliphatic carbocycles. The van der Waals surface area contributed by atoms with Crippen molar-refractivity contribution in [3.05, 3.63) is 39.2 Å². The molecule has 1 saturated carbocycles. The lowest BCUT2D eigenvalue weighted by atomic mass is 10.3. The predicted octanol–water partition coefficient (Wildman–Crippen LogP) is 3.67.